The highest BCUT2D eigenvalue weighted by molar-refractivity contribution is 6.32. The Morgan fingerprint density at radius 3 is 2.69 bits per heavy atom. The second kappa shape index (κ2) is 8.30. The summed E-state index contributed by atoms with van der Waals surface area (Å²) in [6.45, 7) is 0. The highest BCUT2D eigenvalue weighted by atomic mass is 35.5. The number of benzene rings is 1. The molecular weight excluding hydrogens is 453 g/mol. The van der Waals surface area contributed by atoms with Crippen LogP contribution in [0.15, 0.2) is 41.1 Å². The van der Waals surface area contributed by atoms with Gasteiger partial charge in [-0.2, -0.15) is 18.3 Å². The van der Waals surface area contributed by atoms with Crippen LogP contribution >= 0.6 is 11.6 Å². The van der Waals surface area contributed by atoms with E-state index in [2.05, 4.69) is 15.7 Å². The summed E-state index contributed by atoms with van der Waals surface area (Å²) >= 11 is 6.08. The summed E-state index contributed by atoms with van der Waals surface area (Å²) in [5.41, 5.74) is 0.149. The van der Waals surface area contributed by atoms with Crippen molar-refractivity contribution >= 4 is 29.0 Å². The molecule has 8 nitrogen and oxygen atoms in total. The van der Waals surface area contributed by atoms with Crippen molar-refractivity contribution in [2.45, 2.75) is 24.7 Å². The van der Waals surface area contributed by atoms with E-state index >= 15 is 0 Å². The molecule has 4 rings (SSSR count). The highest BCUT2D eigenvalue weighted by Crippen LogP contribution is 2.44. The summed E-state index contributed by atoms with van der Waals surface area (Å²) in [5.74, 6) is 0.0923. The van der Waals surface area contributed by atoms with Gasteiger partial charge in [0.05, 0.1) is 43.4 Å². The van der Waals surface area contributed by atoms with Gasteiger partial charge >= 0.3 is 6.18 Å². The van der Waals surface area contributed by atoms with Gasteiger partial charge in [-0.15, -0.1) is 0 Å². The number of amides is 1. The zero-order chi connectivity index (χ0) is 23.0. The van der Waals surface area contributed by atoms with Gasteiger partial charge in [-0.25, -0.2) is 4.68 Å². The number of hydrogen-bond donors (Lipinski definition) is 2. The van der Waals surface area contributed by atoms with E-state index in [0.717, 1.165) is 10.9 Å². The Kier molecular flexibility index (Phi) is 5.68. The van der Waals surface area contributed by atoms with E-state index in [1.54, 1.807) is 12.1 Å². The Labute approximate surface area is 185 Å². The molecule has 2 N–H and O–H groups in total. The minimum atomic E-state index is -4.58. The van der Waals surface area contributed by atoms with Crippen LogP contribution in [0, 0.1) is 0 Å². The van der Waals surface area contributed by atoms with Crippen molar-refractivity contribution in [1.82, 2.24) is 9.78 Å². The predicted octanol–water partition coefficient (Wildman–Crippen LogP) is 5.06. The molecule has 32 heavy (non-hydrogen) atoms. The highest BCUT2D eigenvalue weighted by Gasteiger charge is 2.47. The van der Waals surface area contributed by atoms with Crippen LogP contribution < -0.4 is 20.1 Å². The molecule has 170 valence electrons. The summed E-state index contributed by atoms with van der Waals surface area (Å²) in [7, 11) is 2.79. The molecule has 0 saturated heterocycles. The lowest BCUT2D eigenvalue weighted by Gasteiger charge is -2.32. The lowest BCUT2D eigenvalue weighted by Crippen LogP contribution is -2.36. The van der Waals surface area contributed by atoms with Crippen LogP contribution in [0.5, 0.6) is 11.5 Å². The number of fused-ring (bicyclic) bond motifs is 1. The second-order valence-electron chi connectivity index (χ2n) is 7.00. The van der Waals surface area contributed by atoms with Crippen LogP contribution in [0.2, 0.25) is 5.02 Å². The SMILES string of the molecule is COc1cc(NC(=O)c2cnn3c2N[C@H](c2ccco2)C[C@H]3C(F)(F)F)c(OC)cc1Cl. The fourth-order valence-corrected chi connectivity index (χ4v) is 3.78. The molecule has 1 aliphatic rings. The van der Waals surface area contributed by atoms with Crippen molar-refractivity contribution in [3.05, 3.63) is 53.1 Å². The van der Waals surface area contributed by atoms with E-state index in [1.807, 2.05) is 0 Å². The second-order valence-corrected chi connectivity index (χ2v) is 7.41. The van der Waals surface area contributed by atoms with Gasteiger partial charge in [0, 0.05) is 18.6 Å². The molecule has 0 bridgehead atoms. The van der Waals surface area contributed by atoms with Gasteiger partial charge < -0.3 is 24.5 Å². The summed E-state index contributed by atoms with van der Waals surface area (Å²) in [6.07, 6.45) is -2.46. The molecule has 0 aliphatic carbocycles. The Morgan fingerprint density at radius 2 is 2.06 bits per heavy atom. The summed E-state index contributed by atoms with van der Waals surface area (Å²) in [5, 5.41) is 9.67. The molecule has 1 aromatic carbocycles. The van der Waals surface area contributed by atoms with E-state index in [4.69, 9.17) is 25.5 Å². The molecule has 0 spiro atoms. The van der Waals surface area contributed by atoms with E-state index in [9.17, 15) is 18.0 Å². The number of nitrogens with zero attached hydrogens (tertiary/aromatic N) is 2. The van der Waals surface area contributed by atoms with E-state index in [0.29, 0.717) is 5.76 Å². The number of carbonyl (C=O) groups is 1. The molecule has 0 saturated carbocycles. The van der Waals surface area contributed by atoms with Crippen molar-refractivity contribution in [2.24, 2.45) is 0 Å². The molecule has 1 amide bonds. The van der Waals surface area contributed by atoms with Crippen molar-refractivity contribution < 1.29 is 31.9 Å². The Balaban J connectivity index is 1.70. The van der Waals surface area contributed by atoms with Crippen LogP contribution in [0.4, 0.5) is 24.7 Å². The molecule has 2 atom stereocenters. The van der Waals surface area contributed by atoms with Crippen LogP contribution in [-0.4, -0.2) is 36.1 Å². The van der Waals surface area contributed by atoms with Gasteiger partial charge in [-0.3, -0.25) is 4.79 Å². The molecule has 3 aromatic rings. The number of alkyl halides is 3. The fourth-order valence-electron chi connectivity index (χ4n) is 3.55. The minimum Gasteiger partial charge on any atom is -0.495 e. The quantitative estimate of drug-likeness (QED) is 0.541. The van der Waals surface area contributed by atoms with E-state index < -0.39 is 24.2 Å². The van der Waals surface area contributed by atoms with E-state index in [1.165, 1.54) is 32.6 Å². The van der Waals surface area contributed by atoms with Crippen LogP contribution in [0.25, 0.3) is 0 Å². The number of hydrogen-bond acceptors (Lipinski definition) is 6. The van der Waals surface area contributed by atoms with Crippen molar-refractivity contribution in [3.8, 4) is 11.5 Å². The molecule has 3 heterocycles. The molecule has 2 aromatic heterocycles. The first-order valence-electron chi connectivity index (χ1n) is 9.40. The van der Waals surface area contributed by atoms with Crippen molar-refractivity contribution in [1.29, 1.82) is 0 Å². The predicted molar refractivity (Wildman–Crippen MR) is 110 cm³/mol. The van der Waals surface area contributed by atoms with Crippen LogP contribution in [-0.2, 0) is 0 Å². The van der Waals surface area contributed by atoms with Gasteiger partial charge in [0.2, 0.25) is 0 Å². The average Bonchev–Trinajstić information content (AvgIpc) is 3.43. The first-order valence-corrected chi connectivity index (χ1v) is 9.77. The minimum absolute atomic E-state index is 0.0719. The zero-order valence-electron chi connectivity index (χ0n) is 16.9. The van der Waals surface area contributed by atoms with Crippen LogP contribution in [0.1, 0.15) is 34.6 Å². The Bertz CT molecular complexity index is 1130. The van der Waals surface area contributed by atoms with Crippen LogP contribution in [0.3, 0.4) is 0 Å². The van der Waals surface area contributed by atoms with Crippen molar-refractivity contribution in [2.75, 3.05) is 24.9 Å². The maximum Gasteiger partial charge on any atom is 0.410 e. The maximum absolute atomic E-state index is 13.7. The zero-order valence-corrected chi connectivity index (χ0v) is 17.6. The van der Waals surface area contributed by atoms with Crippen molar-refractivity contribution in [3.63, 3.8) is 0 Å². The molecular formula is C20H18ClF3N4O4. The standard InChI is InChI=1S/C20H18ClF3N4O4/c1-30-15-7-12(16(31-2)6-11(15)21)27-19(29)10-9-25-28-17(20(22,23)24)8-13(26-18(10)28)14-4-3-5-32-14/h3-7,9,13,17,26H,8H2,1-2H3,(H,27,29)/t13-,17-/m0/s1. The number of ether oxygens (including phenoxy) is 2. The average molecular weight is 471 g/mol. The van der Waals surface area contributed by atoms with Gasteiger partial charge in [-0.1, -0.05) is 11.6 Å². The first kappa shape index (κ1) is 21.9. The first-order chi connectivity index (χ1) is 15.2. The summed E-state index contributed by atoms with van der Waals surface area (Å²) in [4.78, 5) is 13.0. The molecule has 0 radical (unpaired) electrons. The number of rotatable bonds is 5. The number of anilines is 2. The van der Waals surface area contributed by atoms with Gasteiger partial charge in [0.25, 0.3) is 5.91 Å². The third-order valence-electron chi connectivity index (χ3n) is 5.09. The topological polar surface area (TPSA) is 90.5 Å². The number of nitrogens with one attached hydrogen (secondary N) is 2. The lowest BCUT2D eigenvalue weighted by molar-refractivity contribution is -0.174. The molecule has 0 unspecified atom stereocenters. The number of aromatic nitrogens is 2. The largest absolute Gasteiger partial charge is 0.495 e. The Morgan fingerprint density at radius 1 is 1.31 bits per heavy atom. The van der Waals surface area contributed by atoms with Gasteiger partial charge in [0.15, 0.2) is 6.04 Å². The number of halogens is 4. The van der Waals surface area contributed by atoms with Gasteiger partial charge in [0.1, 0.15) is 28.6 Å². The van der Waals surface area contributed by atoms with Gasteiger partial charge in [-0.05, 0) is 12.1 Å². The molecule has 0 fully saturated rings. The van der Waals surface area contributed by atoms with E-state index in [-0.39, 0.29) is 40.0 Å². The molecule has 12 heteroatoms. The fraction of sp³-hybridized carbons (Fsp3) is 0.300. The summed E-state index contributed by atoms with van der Waals surface area (Å²) in [6, 6.07) is 3.33. The maximum atomic E-state index is 13.7. The molecule has 1 aliphatic heterocycles. The number of methoxy groups -OCH3 is 2. The third kappa shape index (κ3) is 3.95. The Hall–Kier alpha value is -3.34. The summed E-state index contributed by atoms with van der Waals surface area (Å²) < 4.78 is 57.7. The monoisotopic (exact) mass is 470 g/mol. The third-order valence-corrected chi connectivity index (χ3v) is 5.39. The number of carbonyl (C=O) groups excluding carboxylic acids is 1. The normalized spacial score (nSPS) is 17.9. The lowest BCUT2D eigenvalue weighted by atomic mass is 10.0. The number of furan rings is 1. The smallest absolute Gasteiger partial charge is 0.410 e.